The zero-order valence-electron chi connectivity index (χ0n) is 9.21. The number of hydrogen-bond donors (Lipinski definition) is 2. The summed E-state index contributed by atoms with van der Waals surface area (Å²) in [6.45, 7) is 4.36. The summed E-state index contributed by atoms with van der Waals surface area (Å²) < 4.78 is 13.6. The van der Waals surface area contributed by atoms with Gasteiger partial charge in [-0.15, -0.1) is 0 Å². The van der Waals surface area contributed by atoms with E-state index in [1.165, 1.54) is 12.3 Å². The Kier molecular flexibility index (Phi) is 2.64. The van der Waals surface area contributed by atoms with Crippen molar-refractivity contribution in [1.82, 2.24) is 4.98 Å². The summed E-state index contributed by atoms with van der Waals surface area (Å²) in [5.74, 6) is -0.227. The summed E-state index contributed by atoms with van der Waals surface area (Å²) >= 11 is 0. The first-order valence-electron chi connectivity index (χ1n) is 5.15. The minimum Gasteiger partial charge on any atom is -0.508 e. The third-order valence-electron chi connectivity index (χ3n) is 2.46. The van der Waals surface area contributed by atoms with E-state index in [4.69, 9.17) is 0 Å². The van der Waals surface area contributed by atoms with Crippen LogP contribution in [0.2, 0.25) is 0 Å². The highest BCUT2D eigenvalue weighted by molar-refractivity contribution is 5.94. The number of anilines is 1. The standard InChI is InChI=1S/C12H13FN2O/c1-3-14-12-9(13)6-15-10-5-8(16)4-7(2)11(10)12/h4-6,16H,3H2,1-2H3,(H,14,15). The summed E-state index contributed by atoms with van der Waals surface area (Å²) in [6, 6.07) is 3.13. The molecule has 1 heterocycles. The van der Waals surface area contributed by atoms with Crippen LogP contribution in [0, 0.1) is 12.7 Å². The lowest BCUT2D eigenvalue weighted by molar-refractivity contribution is 0.475. The van der Waals surface area contributed by atoms with Crippen LogP contribution in [0.1, 0.15) is 12.5 Å². The number of pyridine rings is 1. The van der Waals surface area contributed by atoms with Crippen molar-refractivity contribution in [1.29, 1.82) is 0 Å². The van der Waals surface area contributed by atoms with Crippen molar-refractivity contribution in [2.24, 2.45) is 0 Å². The van der Waals surface area contributed by atoms with Gasteiger partial charge < -0.3 is 10.4 Å². The number of fused-ring (bicyclic) bond motifs is 1. The Bertz CT molecular complexity index is 540. The van der Waals surface area contributed by atoms with Crippen LogP contribution in [0.3, 0.4) is 0 Å². The van der Waals surface area contributed by atoms with Crippen molar-refractivity contribution < 1.29 is 9.50 Å². The molecule has 2 aromatic rings. The number of benzene rings is 1. The lowest BCUT2D eigenvalue weighted by atomic mass is 10.1. The maximum atomic E-state index is 13.6. The van der Waals surface area contributed by atoms with E-state index in [2.05, 4.69) is 10.3 Å². The van der Waals surface area contributed by atoms with Gasteiger partial charge in [-0.05, 0) is 25.5 Å². The van der Waals surface area contributed by atoms with E-state index >= 15 is 0 Å². The smallest absolute Gasteiger partial charge is 0.165 e. The number of phenolic OH excluding ortho intramolecular Hbond substituents is 1. The zero-order chi connectivity index (χ0) is 11.7. The highest BCUT2D eigenvalue weighted by Gasteiger charge is 2.11. The SMILES string of the molecule is CCNc1c(F)cnc2cc(O)cc(C)c12. The fraction of sp³-hybridized carbons (Fsp3) is 0.250. The molecule has 2 rings (SSSR count). The van der Waals surface area contributed by atoms with Gasteiger partial charge in [0.05, 0.1) is 17.4 Å². The largest absolute Gasteiger partial charge is 0.508 e. The number of phenols is 1. The normalized spacial score (nSPS) is 10.7. The second-order valence-electron chi connectivity index (χ2n) is 3.67. The average molecular weight is 220 g/mol. The summed E-state index contributed by atoms with van der Waals surface area (Å²) in [5.41, 5.74) is 1.85. The van der Waals surface area contributed by atoms with Gasteiger partial charge in [0, 0.05) is 18.0 Å². The molecular weight excluding hydrogens is 207 g/mol. The third-order valence-corrected chi connectivity index (χ3v) is 2.46. The number of aromatic hydroxyl groups is 1. The topological polar surface area (TPSA) is 45.2 Å². The van der Waals surface area contributed by atoms with Crippen LogP contribution in [0.5, 0.6) is 5.75 Å². The maximum Gasteiger partial charge on any atom is 0.165 e. The molecule has 0 unspecified atom stereocenters. The summed E-state index contributed by atoms with van der Waals surface area (Å²) in [5, 5.41) is 13.2. The van der Waals surface area contributed by atoms with Crippen molar-refractivity contribution in [2.45, 2.75) is 13.8 Å². The Morgan fingerprint density at radius 3 is 2.88 bits per heavy atom. The molecule has 0 saturated heterocycles. The molecule has 0 atom stereocenters. The Balaban J connectivity index is 2.80. The van der Waals surface area contributed by atoms with Gasteiger partial charge >= 0.3 is 0 Å². The molecule has 84 valence electrons. The Labute approximate surface area is 92.9 Å². The van der Waals surface area contributed by atoms with Gasteiger partial charge in [0.15, 0.2) is 5.82 Å². The molecule has 0 saturated carbocycles. The second kappa shape index (κ2) is 3.96. The monoisotopic (exact) mass is 220 g/mol. The number of aromatic nitrogens is 1. The van der Waals surface area contributed by atoms with Crippen molar-refractivity contribution in [3.8, 4) is 5.75 Å². The lowest BCUT2D eigenvalue weighted by Gasteiger charge is -2.11. The van der Waals surface area contributed by atoms with Gasteiger partial charge in [-0.1, -0.05) is 0 Å². The molecule has 1 aromatic carbocycles. The molecule has 0 bridgehead atoms. The molecule has 0 radical (unpaired) electrons. The summed E-state index contributed by atoms with van der Waals surface area (Å²) in [6.07, 6.45) is 1.17. The average Bonchev–Trinajstić information content (AvgIpc) is 2.22. The van der Waals surface area contributed by atoms with Gasteiger partial charge in [-0.3, -0.25) is 4.98 Å². The van der Waals surface area contributed by atoms with Gasteiger partial charge in [-0.2, -0.15) is 0 Å². The van der Waals surface area contributed by atoms with E-state index in [-0.39, 0.29) is 11.6 Å². The Morgan fingerprint density at radius 1 is 1.44 bits per heavy atom. The third kappa shape index (κ3) is 1.66. The van der Waals surface area contributed by atoms with Crippen molar-refractivity contribution >= 4 is 16.6 Å². The molecule has 1 aromatic heterocycles. The molecule has 0 fully saturated rings. The van der Waals surface area contributed by atoms with E-state index in [0.717, 1.165) is 10.9 Å². The van der Waals surface area contributed by atoms with E-state index in [1.54, 1.807) is 6.07 Å². The van der Waals surface area contributed by atoms with Crippen LogP contribution in [0.15, 0.2) is 18.3 Å². The quantitative estimate of drug-likeness (QED) is 0.818. The van der Waals surface area contributed by atoms with Crippen molar-refractivity contribution in [3.05, 3.63) is 29.7 Å². The summed E-state index contributed by atoms with van der Waals surface area (Å²) in [7, 11) is 0. The minimum absolute atomic E-state index is 0.145. The van der Waals surface area contributed by atoms with Crippen LogP contribution in [0.25, 0.3) is 10.9 Å². The van der Waals surface area contributed by atoms with Crippen LogP contribution in [-0.2, 0) is 0 Å². The van der Waals surface area contributed by atoms with Gasteiger partial charge in [0.1, 0.15) is 5.75 Å². The first-order chi connectivity index (χ1) is 7.63. The molecule has 16 heavy (non-hydrogen) atoms. The number of nitrogens with zero attached hydrogens (tertiary/aromatic N) is 1. The zero-order valence-corrected chi connectivity index (χ0v) is 9.21. The van der Waals surface area contributed by atoms with Crippen molar-refractivity contribution in [3.63, 3.8) is 0 Å². The number of halogens is 1. The molecule has 0 spiro atoms. The number of rotatable bonds is 2. The fourth-order valence-corrected chi connectivity index (χ4v) is 1.84. The van der Waals surface area contributed by atoms with Crippen LogP contribution >= 0.6 is 0 Å². The predicted octanol–water partition coefficient (Wildman–Crippen LogP) is 2.82. The van der Waals surface area contributed by atoms with Crippen LogP contribution in [0.4, 0.5) is 10.1 Å². The maximum absolute atomic E-state index is 13.6. The van der Waals surface area contributed by atoms with Gasteiger partial charge in [-0.25, -0.2) is 4.39 Å². The minimum atomic E-state index is -0.372. The fourth-order valence-electron chi connectivity index (χ4n) is 1.84. The van der Waals surface area contributed by atoms with Gasteiger partial charge in [0.25, 0.3) is 0 Å². The van der Waals surface area contributed by atoms with E-state index in [0.29, 0.717) is 17.7 Å². The Hall–Kier alpha value is -1.84. The van der Waals surface area contributed by atoms with Gasteiger partial charge in [0.2, 0.25) is 0 Å². The lowest BCUT2D eigenvalue weighted by Crippen LogP contribution is -2.02. The second-order valence-corrected chi connectivity index (χ2v) is 3.67. The molecule has 0 amide bonds. The van der Waals surface area contributed by atoms with E-state index in [1.807, 2.05) is 13.8 Å². The molecule has 0 aliphatic carbocycles. The highest BCUT2D eigenvalue weighted by Crippen LogP contribution is 2.30. The number of hydrogen-bond acceptors (Lipinski definition) is 3. The summed E-state index contributed by atoms with van der Waals surface area (Å²) in [4.78, 5) is 3.97. The molecule has 2 N–H and O–H groups in total. The molecule has 0 aliphatic rings. The predicted molar refractivity (Wildman–Crippen MR) is 62.3 cm³/mol. The molecular formula is C12H13FN2O. The van der Waals surface area contributed by atoms with Crippen LogP contribution < -0.4 is 5.32 Å². The van der Waals surface area contributed by atoms with E-state index < -0.39 is 0 Å². The van der Waals surface area contributed by atoms with E-state index in [9.17, 15) is 9.50 Å². The Morgan fingerprint density at radius 2 is 2.19 bits per heavy atom. The van der Waals surface area contributed by atoms with Crippen LogP contribution in [-0.4, -0.2) is 16.6 Å². The van der Waals surface area contributed by atoms with Crippen molar-refractivity contribution in [2.75, 3.05) is 11.9 Å². The first kappa shape index (κ1) is 10.7. The highest BCUT2D eigenvalue weighted by atomic mass is 19.1. The number of nitrogens with one attached hydrogen (secondary N) is 1. The molecule has 4 heteroatoms. The number of aryl methyl sites for hydroxylation is 1. The molecule has 0 aliphatic heterocycles. The molecule has 3 nitrogen and oxygen atoms in total. The first-order valence-corrected chi connectivity index (χ1v) is 5.15.